The maximum atomic E-state index is 11.9. The van der Waals surface area contributed by atoms with Crippen molar-refractivity contribution in [2.75, 3.05) is 19.6 Å². The average Bonchev–Trinajstić information content (AvgIpc) is 2.85. The number of piperidine rings is 1. The van der Waals surface area contributed by atoms with Gasteiger partial charge < -0.3 is 25.2 Å². The molecule has 2 unspecified atom stereocenters. The van der Waals surface area contributed by atoms with E-state index >= 15 is 0 Å². The number of nitrogens with zero attached hydrogens (tertiary/aromatic N) is 1. The van der Waals surface area contributed by atoms with E-state index in [0.717, 1.165) is 0 Å². The molecule has 2 amide bonds. The highest BCUT2D eigenvalue weighted by Crippen LogP contribution is 2.21. The zero-order valence-corrected chi connectivity index (χ0v) is 11.7. The molecule has 20 heavy (non-hydrogen) atoms. The lowest BCUT2D eigenvalue weighted by Crippen LogP contribution is -2.50. The molecule has 114 valence electrons. The molecule has 2 atom stereocenters. The molecule has 7 heteroatoms. The maximum Gasteiger partial charge on any atom is 0.332 e. The van der Waals surface area contributed by atoms with Crippen molar-refractivity contribution in [2.45, 2.75) is 50.4 Å². The number of carbonyl (C=O) groups is 2. The standard InChI is InChI=1S/C13H22N2O5/c1-13(19)4-6-15(7-5-13)12(18)14-8-9-2-3-10(20-9)11(16)17/h9-10,19H,2-8H2,1H3,(H,14,18)(H,16,17). The topological polar surface area (TPSA) is 99.1 Å². The van der Waals surface area contributed by atoms with Crippen LogP contribution < -0.4 is 5.32 Å². The molecule has 0 aromatic heterocycles. The molecule has 0 saturated carbocycles. The molecule has 0 aliphatic carbocycles. The number of carboxylic acid groups (broad SMARTS) is 1. The number of amides is 2. The number of rotatable bonds is 3. The van der Waals surface area contributed by atoms with Crippen LogP contribution in [0.2, 0.25) is 0 Å². The second-order valence-corrected chi connectivity index (χ2v) is 5.83. The Hall–Kier alpha value is -1.34. The summed E-state index contributed by atoms with van der Waals surface area (Å²) in [6.45, 7) is 3.17. The SMILES string of the molecule is CC1(O)CCN(C(=O)NCC2CCC(C(=O)O)O2)CC1. The molecule has 0 spiro atoms. The van der Waals surface area contributed by atoms with Crippen molar-refractivity contribution in [1.82, 2.24) is 10.2 Å². The van der Waals surface area contributed by atoms with Gasteiger partial charge in [0.25, 0.3) is 0 Å². The van der Waals surface area contributed by atoms with Gasteiger partial charge in [-0.1, -0.05) is 0 Å². The smallest absolute Gasteiger partial charge is 0.332 e. The largest absolute Gasteiger partial charge is 0.479 e. The number of carboxylic acids is 1. The lowest BCUT2D eigenvalue weighted by molar-refractivity contribution is -0.149. The predicted molar refractivity (Wildman–Crippen MR) is 70.4 cm³/mol. The van der Waals surface area contributed by atoms with Gasteiger partial charge in [-0.25, -0.2) is 9.59 Å². The Morgan fingerprint density at radius 2 is 2.00 bits per heavy atom. The van der Waals surface area contributed by atoms with E-state index in [4.69, 9.17) is 9.84 Å². The fourth-order valence-electron chi connectivity index (χ4n) is 2.54. The van der Waals surface area contributed by atoms with Gasteiger partial charge in [0.15, 0.2) is 6.10 Å². The number of nitrogens with one attached hydrogen (secondary N) is 1. The summed E-state index contributed by atoms with van der Waals surface area (Å²) in [5.41, 5.74) is -0.681. The Labute approximate surface area is 117 Å². The molecule has 0 bridgehead atoms. The minimum atomic E-state index is -0.947. The Morgan fingerprint density at radius 1 is 1.35 bits per heavy atom. The second-order valence-electron chi connectivity index (χ2n) is 5.83. The van der Waals surface area contributed by atoms with Crippen LogP contribution in [0.15, 0.2) is 0 Å². The monoisotopic (exact) mass is 286 g/mol. The van der Waals surface area contributed by atoms with Gasteiger partial charge in [0.05, 0.1) is 11.7 Å². The summed E-state index contributed by atoms with van der Waals surface area (Å²) in [7, 11) is 0. The summed E-state index contributed by atoms with van der Waals surface area (Å²) >= 11 is 0. The lowest BCUT2D eigenvalue weighted by Gasteiger charge is -2.35. The molecule has 7 nitrogen and oxygen atoms in total. The molecule has 0 aromatic carbocycles. The molecule has 2 aliphatic rings. The first-order valence-corrected chi connectivity index (χ1v) is 7.01. The molecular weight excluding hydrogens is 264 g/mol. The number of carbonyl (C=O) groups excluding carboxylic acids is 1. The van der Waals surface area contributed by atoms with E-state index in [1.807, 2.05) is 0 Å². The first kappa shape index (κ1) is 15.1. The van der Waals surface area contributed by atoms with Crippen LogP contribution in [0.5, 0.6) is 0 Å². The van der Waals surface area contributed by atoms with E-state index in [2.05, 4.69) is 5.32 Å². The van der Waals surface area contributed by atoms with E-state index in [0.29, 0.717) is 45.3 Å². The van der Waals surface area contributed by atoms with Crippen molar-refractivity contribution >= 4 is 12.0 Å². The van der Waals surface area contributed by atoms with Crippen molar-refractivity contribution in [1.29, 1.82) is 0 Å². The van der Waals surface area contributed by atoms with Gasteiger partial charge in [0.1, 0.15) is 0 Å². The van der Waals surface area contributed by atoms with Gasteiger partial charge in [0, 0.05) is 19.6 Å². The Kier molecular flexibility index (Phi) is 4.49. The van der Waals surface area contributed by atoms with Gasteiger partial charge in [-0.15, -0.1) is 0 Å². The molecule has 2 fully saturated rings. The lowest BCUT2D eigenvalue weighted by atomic mass is 9.94. The fourth-order valence-corrected chi connectivity index (χ4v) is 2.54. The zero-order chi connectivity index (χ0) is 14.8. The third kappa shape index (κ3) is 3.83. The summed E-state index contributed by atoms with van der Waals surface area (Å²) in [5.74, 6) is -0.947. The minimum Gasteiger partial charge on any atom is -0.479 e. The van der Waals surface area contributed by atoms with Crippen molar-refractivity contribution in [3.8, 4) is 0 Å². The highest BCUT2D eigenvalue weighted by atomic mass is 16.5. The summed E-state index contributed by atoms with van der Waals surface area (Å²) in [6, 6.07) is -0.178. The quantitative estimate of drug-likeness (QED) is 0.687. The molecule has 2 aliphatic heterocycles. The van der Waals surface area contributed by atoms with Crippen LogP contribution in [0, 0.1) is 0 Å². The van der Waals surface area contributed by atoms with Crippen LogP contribution in [0.3, 0.4) is 0 Å². The number of aliphatic carboxylic acids is 1. The number of urea groups is 1. The van der Waals surface area contributed by atoms with Gasteiger partial charge in [-0.05, 0) is 32.6 Å². The zero-order valence-electron chi connectivity index (χ0n) is 11.7. The molecule has 2 saturated heterocycles. The summed E-state index contributed by atoms with van der Waals surface area (Å²) in [4.78, 5) is 24.4. The number of hydrogen-bond acceptors (Lipinski definition) is 4. The minimum absolute atomic E-state index is 0.178. The van der Waals surface area contributed by atoms with Crippen molar-refractivity contribution < 1.29 is 24.5 Å². The van der Waals surface area contributed by atoms with E-state index in [1.165, 1.54) is 0 Å². The van der Waals surface area contributed by atoms with Crippen LogP contribution in [0.4, 0.5) is 4.79 Å². The average molecular weight is 286 g/mol. The molecule has 0 radical (unpaired) electrons. The highest BCUT2D eigenvalue weighted by molar-refractivity contribution is 5.74. The van der Waals surface area contributed by atoms with E-state index in [1.54, 1.807) is 11.8 Å². The van der Waals surface area contributed by atoms with Crippen LogP contribution in [0.25, 0.3) is 0 Å². The first-order chi connectivity index (χ1) is 9.37. The third-order valence-corrected chi connectivity index (χ3v) is 3.99. The fraction of sp³-hybridized carbons (Fsp3) is 0.846. The molecule has 0 aromatic rings. The first-order valence-electron chi connectivity index (χ1n) is 7.01. The van der Waals surface area contributed by atoms with Gasteiger partial charge in [0.2, 0.25) is 0 Å². The number of hydrogen-bond donors (Lipinski definition) is 3. The Bertz CT molecular complexity index is 375. The van der Waals surface area contributed by atoms with Gasteiger partial charge >= 0.3 is 12.0 Å². The number of ether oxygens (including phenoxy) is 1. The van der Waals surface area contributed by atoms with E-state index < -0.39 is 17.7 Å². The van der Waals surface area contributed by atoms with Gasteiger partial charge in [-0.2, -0.15) is 0 Å². The predicted octanol–water partition coefficient (Wildman–Crippen LogP) is 0.175. The maximum absolute atomic E-state index is 11.9. The van der Waals surface area contributed by atoms with Crippen LogP contribution in [-0.4, -0.2) is 64.6 Å². The second kappa shape index (κ2) is 5.97. The summed E-state index contributed by atoms with van der Waals surface area (Å²) in [6.07, 6.45) is 1.30. The van der Waals surface area contributed by atoms with Crippen molar-refractivity contribution in [2.24, 2.45) is 0 Å². The molecule has 2 heterocycles. The van der Waals surface area contributed by atoms with E-state index in [-0.39, 0.29) is 12.1 Å². The van der Waals surface area contributed by atoms with Crippen molar-refractivity contribution in [3.05, 3.63) is 0 Å². The Balaban J connectivity index is 1.70. The van der Waals surface area contributed by atoms with Gasteiger partial charge in [-0.3, -0.25) is 0 Å². The molecule has 2 rings (SSSR count). The van der Waals surface area contributed by atoms with Crippen LogP contribution >= 0.6 is 0 Å². The van der Waals surface area contributed by atoms with Crippen LogP contribution in [-0.2, 0) is 9.53 Å². The van der Waals surface area contributed by atoms with E-state index in [9.17, 15) is 14.7 Å². The summed E-state index contributed by atoms with van der Waals surface area (Å²) < 4.78 is 5.32. The normalized spacial score (nSPS) is 29.2. The summed E-state index contributed by atoms with van der Waals surface area (Å²) in [5, 5.41) is 21.4. The number of aliphatic hydroxyl groups is 1. The van der Waals surface area contributed by atoms with Crippen molar-refractivity contribution in [3.63, 3.8) is 0 Å². The third-order valence-electron chi connectivity index (χ3n) is 3.99. The van der Waals surface area contributed by atoms with Crippen LogP contribution in [0.1, 0.15) is 32.6 Å². The number of likely N-dealkylation sites (tertiary alicyclic amines) is 1. The Morgan fingerprint density at radius 3 is 2.55 bits per heavy atom. The molecule has 3 N–H and O–H groups in total. The highest BCUT2D eigenvalue weighted by Gasteiger charge is 2.32. The molecular formula is C13H22N2O5.